The quantitative estimate of drug-likeness (QED) is 0.812. The van der Waals surface area contributed by atoms with Crippen LogP contribution in [-0.2, 0) is 30.9 Å². The second-order valence-corrected chi connectivity index (χ2v) is 6.41. The zero-order valence-corrected chi connectivity index (χ0v) is 10.1. The smallest absolute Gasteiger partial charge is 0.253 e. The van der Waals surface area contributed by atoms with Crippen LogP contribution in [0.15, 0.2) is 29.2 Å². The van der Waals surface area contributed by atoms with Gasteiger partial charge in [-0.15, -0.1) is 0 Å². The van der Waals surface area contributed by atoms with Gasteiger partial charge in [0.2, 0.25) is 0 Å². The van der Waals surface area contributed by atoms with Crippen molar-refractivity contribution >= 4 is 20.1 Å². The number of hydrogen-bond acceptors (Lipinski definition) is 5. The van der Waals surface area contributed by atoms with Crippen molar-refractivity contribution in [1.82, 2.24) is 0 Å². The first-order chi connectivity index (χ1) is 7.18. The lowest BCUT2D eigenvalue weighted by Gasteiger charge is -2.02. The average Bonchev–Trinajstić information content (AvgIpc) is 2.13. The van der Waals surface area contributed by atoms with E-state index in [1.165, 1.54) is 24.3 Å². The molecule has 16 heavy (non-hydrogen) atoms. The van der Waals surface area contributed by atoms with Crippen LogP contribution in [0.1, 0.15) is 5.56 Å². The third-order valence-electron chi connectivity index (χ3n) is 1.74. The molecule has 1 aromatic carbocycles. The molecule has 2 N–H and O–H groups in total. The molecule has 90 valence electrons. The van der Waals surface area contributed by atoms with Gasteiger partial charge in [0.05, 0.1) is 11.5 Å². The molecule has 1 aromatic rings. The fraction of sp³-hybridized carbons (Fsp3) is 0.250. The standard InChI is InChI=1S/C8H11NO5S2/c1-15(10,11)8-4-2-7(3-5-8)6-14-16(9,12)13/h2-5H,6H2,1H3,(H2,9,12,13). The van der Waals surface area contributed by atoms with E-state index in [4.69, 9.17) is 0 Å². The molecule has 0 unspecified atom stereocenters. The molecular weight excluding hydrogens is 254 g/mol. The fourth-order valence-corrected chi connectivity index (χ4v) is 1.91. The van der Waals surface area contributed by atoms with Crippen molar-refractivity contribution in [3.8, 4) is 0 Å². The Labute approximate surface area is 94.2 Å². The summed E-state index contributed by atoms with van der Waals surface area (Å²) in [5, 5.41) is 4.64. The predicted molar refractivity (Wildman–Crippen MR) is 57.4 cm³/mol. The van der Waals surface area contributed by atoms with Crippen molar-refractivity contribution in [2.45, 2.75) is 11.5 Å². The molecule has 0 aliphatic carbocycles. The van der Waals surface area contributed by atoms with Crippen molar-refractivity contribution in [3.63, 3.8) is 0 Å². The zero-order chi connectivity index (χ0) is 12.4. The number of benzene rings is 1. The lowest BCUT2D eigenvalue weighted by molar-refractivity contribution is 0.308. The van der Waals surface area contributed by atoms with E-state index in [-0.39, 0.29) is 11.5 Å². The minimum absolute atomic E-state index is 0.159. The molecule has 0 atom stereocenters. The van der Waals surface area contributed by atoms with Gasteiger partial charge in [-0.05, 0) is 17.7 Å². The highest BCUT2D eigenvalue weighted by molar-refractivity contribution is 7.90. The summed E-state index contributed by atoms with van der Waals surface area (Å²) in [5.74, 6) is 0. The van der Waals surface area contributed by atoms with E-state index < -0.39 is 20.1 Å². The first-order valence-corrected chi connectivity index (χ1v) is 7.51. The Kier molecular flexibility index (Phi) is 3.68. The molecule has 8 heteroatoms. The summed E-state index contributed by atoms with van der Waals surface area (Å²) in [4.78, 5) is 0.159. The number of nitrogens with two attached hydrogens (primary N) is 1. The molecule has 0 saturated heterocycles. The molecule has 0 aliphatic heterocycles. The Hall–Kier alpha value is -0.960. The summed E-state index contributed by atoms with van der Waals surface area (Å²) in [6.45, 7) is -0.219. The molecule has 0 bridgehead atoms. The molecule has 0 aromatic heterocycles. The maximum absolute atomic E-state index is 11.1. The van der Waals surface area contributed by atoms with Crippen LogP contribution in [0.25, 0.3) is 0 Å². The van der Waals surface area contributed by atoms with Gasteiger partial charge in [0.25, 0.3) is 0 Å². The summed E-state index contributed by atoms with van der Waals surface area (Å²) >= 11 is 0. The molecule has 0 aliphatic rings. The second-order valence-electron chi connectivity index (χ2n) is 3.17. The largest absolute Gasteiger partial charge is 0.333 e. The van der Waals surface area contributed by atoms with Gasteiger partial charge in [-0.25, -0.2) is 13.6 Å². The van der Waals surface area contributed by atoms with Crippen LogP contribution >= 0.6 is 0 Å². The van der Waals surface area contributed by atoms with Crippen molar-refractivity contribution in [2.75, 3.05) is 6.26 Å². The van der Waals surface area contributed by atoms with E-state index >= 15 is 0 Å². The minimum Gasteiger partial charge on any atom is -0.253 e. The monoisotopic (exact) mass is 265 g/mol. The van der Waals surface area contributed by atoms with Gasteiger partial charge < -0.3 is 0 Å². The average molecular weight is 265 g/mol. The van der Waals surface area contributed by atoms with Crippen molar-refractivity contribution in [3.05, 3.63) is 29.8 Å². The Morgan fingerprint density at radius 2 is 1.62 bits per heavy atom. The lowest BCUT2D eigenvalue weighted by Crippen LogP contribution is -2.15. The predicted octanol–water partition coefficient (Wildman–Crippen LogP) is -0.190. The number of sulfone groups is 1. The van der Waals surface area contributed by atoms with Gasteiger partial charge in [-0.3, -0.25) is 4.18 Å². The Morgan fingerprint density at radius 1 is 1.12 bits per heavy atom. The molecule has 0 spiro atoms. The van der Waals surface area contributed by atoms with Crippen LogP contribution in [0, 0.1) is 0 Å². The van der Waals surface area contributed by atoms with Gasteiger partial charge in [-0.2, -0.15) is 8.42 Å². The summed E-state index contributed by atoms with van der Waals surface area (Å²) in [6, 6.07) is 5.66. The molecule has 0 heterocycles. The SMILES string of the molecule is CS(=O)(=O)c1ccc(COS(N)(=O)=O)cc1. The molecule has 6 nitrogen and oxygen atoms in total. The molecule has 0 amide bonds. The van der Waals surface area contributed by atoms with E-state index in [0.29, 0.717) is 5.56 Å². The number of rotatable bonds is 4. The normalized spacial score (nSPS) is 12.6. The van der Waals surface area contributed by atoms with Gasteiger partial charge in [0.1, 0.15) is 0 Å². The van der Waals surface area contributed by atoms with Crippen LogP contribution in [0.4, 0.5) is 0 Å². The van der Waals surface area contributed by atoms with Gasteiger partial charge >= 0.3 is 10.3 Å². The molecule has 0 saturated carbocycles. The van der Waals surface area contributed by atoms with Crippen LogP contribution < -0.4 is 5.14 Å². The van der Waals surface area contributed by atoms with E-state index in [0.717, 1.165) is 6.26 Å². The fourth-order valence-electron chi connectivity index (χ4n) is 0.983. The van der Waals surface area contributed by atoms with Crippen molar-refractivity contribution in [2.24, 2.45) is 5.14 Å². The first kappa shape index (κ1) is 13.1. The van der Waals surface area contributed by atoms with Crippen molar-refractivity contribution < 1.29 is 21.0 Å². The van der Waals surface area contributed by atoms with E-state index in [1.54, 1.807) is 0 Å². The first-order valence-electron chi connectivity index (χ1n) is 4.15. The summed E-state index contributed by atoms with van der Waals surface area (Å²) in [7, 11) is -7.23. The second kappa shape index (κ2) is 4.50. The zero-order valence-electron chi connectivity index (χ0n) is 8.45. The highest BCUT2D eigenvalue weighted by Gasteiger charge is 2.07. The molecular formula is C8H11NO5S2. The van der Waals surface area contributed by atoms with Crippen LogP contribution in [0.3, 0.4) is 0 Å². The highest BCUT2D eigenvalue weighted by atomic mass is 32.2. The summed E-state index contributed by atoms with van der Waals surface area (Å²) in [6.07, 6.45) is 1.09. The Balaban J connectivity index is 2.81. The Morgan fingerprint density at radius 3 is 2.00 bits per heavy atom. The van der Waals surface area contributed by atoms with Crippen LogP contribution in [-0.4, -0.2) is 23.1 Å². The number of hydrogen-bond donors (Lipinski definition) is 1. The van der Waals surface area contributed by atoms with Crippen molar-refractivity contribution in [1.29, 1.82) is 0 Å². The maximum Gasteiger partial charge on any atom is 0.333 e. The topological polar surface area (TPSA) is 104 Å². The van der Waals surface area contributed by atoms with Crippen LogP contribution in [0.2, 0.25) is 0 Å². The van der Waals surface area contributed by atoms with E-state index in [1.807, 2.05) is 0 Å². The van der Waals surface area contributed by atoms with Gasteiger partial charge in [0, 0.05) is 6.26 Å². The van der Waals surface area contributed by atoms with E-state index in [9.17, 15) is 16.8 Å². The third-order valence-corrected chi connectivity index (χ3v) is 3.32. The lowest BCUT2D eigenvalue weighted by atomic mass is 10.2. The summed E-state index contributed by atoms with van der Waals surface area (Å²) in [5.41, 5.74) is 0.515. The maximum atomic E-state index is 11.1. The minimum atomic E-state index is -3.98. The van der Waals surface area contributed by atoms with E-state index in [2.05, 4.69) is 9.32 Å². The van der Waals surface area contributed by atoms with Gasteiger partial charge in [-0.1, -0.05) is 12.1 Å². The van der Waals surface area contributed by atoms with Crippen LogP contribution in [0.5, 0.6) is 0 Å². The highest BCUT2D eigenvalue weighted by Crippen LogP contribution is 2.11. The molecule has 1 rings (SSSR count). The Bertz CT molecular complexity index is 559. The molecule has 0 radical (unpaired) electrons. The molecule has 0 fully saturated rings. The third kappa shape index (κ3) is 4.27. The summed E-state index contributed by atoms with van der Waals surface area (Å²) < 4.78 is 47.6. The van der Waals surface area contributed by atoms with Gasteiger partial charge in [0.15, 0.2) is 9.84 Å².